The standard InChI is InChI=1S/C6H16N2O/c1-3-6(2,7)8-4-5-9/h8-9H,3-5,7H2,1-2H3. The van der Waals surface area contributed by atoms with Gasteiger partial charge in [0, 0.05) is 6.54 Å². The minimum absolute atomic E-state index is 0.146. The van der Waals surface area contributed by atoms with Crippen LogP contribution < -0.4 is 11.1 Å². The SMILES string of the molecule is CCC(C)(N)NCCO. The minimum Gasteiger partial charge on any atom is -0.395 e. The van der Waals surface area contributed by atoms with Crippen LogP contribution >= 0.6 is 0 Å². The van der Waals surface area contributed by atoms with Crippen LogP contribution in [0.4, 0.5) is 0 Å². The van der Waals surface area contributed by atoms with E-state index >= 15 is 0 Å². The van der Waals surface area contributed by atoms with E-state index in [4.69, 9.17) is 10.8 Å². The van der Waals surface area contributed by atoms with Gasteiger partial charge in [-0.05, 0) is 13.3 Å². The number of rotatable bonds is 4. The normalized spacial score (nSPS) is 17.3. The van der Waals surface area contributed by atoms with Crippen LogP contribution in [0.25, 0.3) is 0 Å². The highest BCUT2D eigenvalue weighted by Crippen LogP contribution is 1.96. The van der Waals surface area contributed by atoms with Crippen molar-refractivity contribution in [1.82, 2.24) is 5.32 Å². The Bertz CT molecular complexity index is 73.5. The molecule has 0 spiro atoms. The molecular formula is C6H16N2O. The summed E-state index contributed by atoms with van der Waals surface area (Å²) in [4.78, 5) is 0. The average molecular weight is 132 g/mol. The van der Waals surface area contributed by atoms with Crippen molar-refractivity contribution >= 4 is 0 Å². The van der Waals surface area contributed by atoms with Crippen molar-refractivity contribution in [2.75, 3.05) is 13.2 Å². The van der Waals surface area contributed by atoms with Gasteiger partial charge >= 0.3 is 0 Å². The molecule has 1 atom stereocenters. The summed E-state index contributed by atoms with van der Waals surface area (Å²) in [5.74, 6) is 0. The van der Waals surface area contributed by atoms with Crippen LogP contribution in [0.3, 0.4) is 0 Å². The zero-order chi connectivity index (χ0) is 7.33. The lowest BCUT2D eigenvalue weighted by Crippen LogP contribution is -2.51. The van der Waals surface area contributed by atoms with Gasteiger partial charge in [0.15, 0.2) is 0 Å². The molecule has 0 aliphatic carbocycles. The molecule has 3 nitrogen and oxygen atoms in total. The summed E-state index contributed by atoms with van der Waals surface area (Å²) in [6.07, 6.45) is 0.868. The third-order valence-corrected chi connectivity index (χ3v) is 1.38. The highest BCUT2D eigenvalue weighted by molar-refractivity contribution is 4.72. The van der Waals surface area contributed by atoms with Gasteiger partial charge in [-0.1, -0.05) is 6.92 Å². The molecule has 0 radical (unpaired) electrons. The predicted molar refractivity (Wildman–Crippen MR) is 38.0 cm³/mol. The van der Waals surface area contributed by atoms with Crippen molar-refractivity contribution in [3.8, 4) is 0 Å². The Hall–Kier alpha value is -0.120. The Morgan fingerprint density at radius 1 is 1.67 bits per heavy atom. The molecule has 9 heavy (non-hydrogen) atoms. The molecule has 0 aliphatic heterocycles. The van der Waals surface area contributed by atoms with Gasteiger partial charge in [-0.15, -0.1) is 0 Å². The first-order valence-electron chi connectivity index (χ1n) is 3.27. The Kier molecular flexibility index (Phi) is 3.77. The summed E-state index contributed by atoms with van der Waals surface area (Å²) in [7, 11) is 0. The highest BCUT2D eigenvalue weighted by Gasteiger charge is 2.12. The lowest BCUT2D eigenvalue weighted by atomic mass is 10.1. The van der Waals surface area contributed by atoms with E-state index in [9.17, 15) is 0 Å². The topological polar surface area (TPSA) is 58.3 Å². The Morgan fingerprint density at radius 2 is 2.22 bits per heavy atom. The summed E-state index contributed by atoms with van der Waals surface area (Å²) < 4.78 is 0. The van der Waals surface area contributed by atoms with Crippen molar-refractivity contribution in [3.63, 3.8) is 0 Å². The third kappa shape index (κ3) is 4.39. The molecule has 0 aromatic carbocycles. The van der Waals surface area contributed by atoms with Gasteiger partial charge in [0.05, 0.1) is 12.3 Å². The molecule has 3 heteroatoms. The molecule has 0 fully saturated rings. The number of nitrogens with two attached hydrogens (primary N) is 1. The molecule has 0 saturated heterocycles. The van der Waals surface area contributed by atoms with Gasteiger partial charge in [0.1, 0.15) is 0 Å². The van der Waals surface area contributed by atoms with E-state index in [-0.39, 0.29) is 12.3 Å². The number of aliphatic hydroxyl groups is 1. The van der Waals surface area contributed by atoms with E-state index in [2.05, 4.69) is 5.32 Å². The van der Waals surface area contributed by atoms with Crippen LogP contribution in [0.5, 0.6) is 0 Å². The van der Waals surface area contributed by atoms with E-state index in [1.807, 2.05) is 13.8 Å². The lowest BCUT2D eigenvalue weighted by Gasteiger charge is -2.23. The van der Waals surface area contributed by atoms with Crippen molar-refractivity contribution in [2.24, 2.45) is 5.73 Å². The third-order valence-electron chi connectivity index (χ3n) is 1.38. The van der Waals surface area contributed by atoms with Crippen LogP contribution in [0, 0.1) is 0 Å². The molecule has 0 bridgehead atoms. The molecule has 0 aromatic heterocycles. The maximum atomic E-state index is 8.41. The summed E-state index contributed by atoms with van der Waals surface area (Å²) in [5.41, 5.74) is 5.36. The first-order valence-corrected chi connectivity index (χ1v) is 3.27. The molecule has 4 N–H and O–H groups in total. The maximum Gasteiger partial charge on any atom is 0.0631 e. The molecular weight excluding hydrogens is 116 g/mol. The summed E-state index contributed by atoms with van der Waals surface area (Å²) in [5, 5.41) is 11.4. The average Bonchev–Trinajstić information content (AvgIpc) is 1.84. The maximum absolute atomic E-state index is 8.41. The van der Waals surface area contributed by atoms with Gasteiger partial charge < -0.3 is 10.8 Å². The number of aliphatic hydroxyl groups excluding tert-OH is 1. The van der Waals surface area contributed by atoms with Crippen molar-refractivity contribution in [1.29, 1.82) is 0 Å². The highest BCUT2D eigenvalue weighted by atomic mass is 16.3. The molecule has 0 rings (SSSR count). The predicted octanol–water partition coefficient (Wildman–Crippen LogP) is -0.347. The molecule has 0 aliphatic rings. The van der Waals surface area contributed by atoms with E-state index in [0.717, 1.165) is 6.42 Å². The van der Waals surface area contributed by atoms with Crippen LogP contribution in [-0.2, 0) is 0 Å². The monoisotopic (exact) mass is 132 g/mol. The minimum atomic E-state index is -0.317. The molecule has 0 aromatic rings. The first-order chi connectivity index (χ1) is 4.12. The largest absolute Gasteiger partial charge is 0.395 e. The second-order valence-electron chi connectivity index (χ2n) is 2.42. The molecule has 0 heterocycles. The molecule has 56 valence electrons. The number of hydrogen-bond donors (Lipinski definition) is 3. The van der Waals surface area contributed by atoms with Gasteiger partial charge in [0.25, 0.3) is 0 Å². The Balaban J connectivity index is 3.33. The van der Waals surface area contributed by atoms with Crippen LogP contribution in [0.1, 0.15) is 20.3 Å². The smallest absolute Gasteiger partial charge is 0.0631 e. The number of hydrogen-bond acceptors (Lipinski definition) is 3. The van der Waals surface area contributed by atoms with Gasteiger partial charge in [-0.3, -0.25) is 5.32 Å². The fraction of sp³-hybridized carbons (Fsp3) is 1.00. The Labute approximate surface area is 56.2 Å². The zero-order valence-electron chi connectivity index (χ0n) is 6.15. The fourth-order valence-corrected chi connectivity index (χ4v) is 0.466. The molecule has 1 unspecified atom stereocenters. The summed E-state index contributed by atoms with van der Waals surface area (Å²) in [6, 6.07) is 0. The van der Waals surface area contributed by atoms with Gasteiger partial charge in [0.2, 0.25) is 0 Å². The zero-order valence-corrected chi connectivity index (χ0v) is 6.15. The second-order valence-corrected chi connectivity index (χ2v) is 2.42. The van der Waals surface area contributed by atoms with E-state index in [1.54, 1.807) is 0 Å². The van der Waals surface area contributed by atoms with Crippen molar-refractivity contribution < 1.29 is 5.11 Å². The second kappa shape index (κ2) is 3.82. The van der Waals surface area contributed by atoms with Gasteiger partial charge in [-0.2, -0.15) is 0 Å². The molecule has 0 saturated carbocycles. The van der Waals surface area contributed by atoms with Crippen molar-refractivity contribution in [3.05, 3.63) is 0 Å². The summed E-state index contributed by atoms with van der Waals surface area (Å²) >= 11 is 0. The lowest BCUT2D eigenvalue weighted by molar-refractivity contribution is 0.258. The quantitative estimate of drug-likeness (QED) is 0.458. The summed E-state index contributed by atoms with van der Waals surface area (Å²) in [6.45, 7) is 4.63. The molecule has 0 amide bonds. The van der Waals surface area contributed by atoms with E-state index < -0.39 is 0 Å². The van der Waals surface area contributed by atoms with Crippen LogP contribution in [-0.4, -0.2) is 23.9 Å². The fourth-order valence-electron chi connectivity index (χ4n) is 0.466. The van der Waals surface area contributed by atoms with Gasteiger partial charge in [-0.25, -0.2) is 0 Å². The Morgan fingerprint density at radius 3 is 2.56 bits per heavy atom. The van der Waals surface area contributed by atoms with Crippen molar-refractivity contribution in [2.45, 2.75) is 25.9 Å². The van der Waals surface area contributed by atoms with Crippen LogP contribution in [0.2, 0.25) is 0 Å². The number of nitrogens with one attached hydrogen (secondary N) is 1. The van der Waals surface area contributed by atoms with Crippen LogP contribution in [0.15, 0.2) is 0 Å². The van der Waals surface area contributed by atoms with E-state index in [0.29, 0.717) is 6.54 Å². The van der Waals surface area contributed by atoms with E-state index in [1.165, 1.54) is 0 Å². The first kappa shape index (κ1) is 8.88.